The second kappa shape index (κ2) is 9.91. The van der Waals surface area contributed by atoms with Crippen LogP contribution >= 0.6 is 15.9 Å². The summed E-state index contributed by atoms with van der Waals surface area (Å²) in [5.41, 5.74) is -0.622. The van der Waals surface area contributed by atoms with Crippen molar-refractivity contribution in [1.82, 2.24) is 10.0 Å². The Morgan fingerprint density at radius 1 is 1.10 bits per heavy atom. The number of hydrogen-bond donors (Lipinski definition) is 2. The number of hydrogen-bond acceptors (Lipinski definition) is 3. The monoisotopic (exact) mass is 488 g/mol. The molecule has 2 aromatic rings. The molecule has 0 radical (unpaired) electrons. The predicted molar refractivity (Wildman–Crippen MR) is 105 cm³/mol. The van der Waals surface area contributed by atoms with Crippen molar-refractivity contribution in [3.8, 4) is 11.8 Å². The highest BCUT2D eigenvalue weighted by Gasteiger charge is 2.30. The largest absolute Gasteiger partial charge is 0.416 e. The van der Waals surface area contributed by atoms with Crippen molar-refractivity contribution >= 4 is 31.9 Å². The third-order valence-electron chi connectivity index (χ3n) is 3.56. The summed E-state index contributed by atoms with van der Waals surface area (Å²) >= 11 is 3.21. The van der Waals surface area contributed by atoms with Crippen molar-refractivity contribution in [2.24, 2.45) is 0 Å². The van der Waals surface area contributed by atoms with Crippen LogP contribution in [0.5, 0.6) is 0 Å². The summed E-state index contributed by atoms with van der Waals surface area (Å²) in [4.78, 5) is 11.8. The zero-order valence-electron chi connectivity index (χ0n) is 14.9. The van der Waals surface area contributed by atoms with Crippen LogP contribution in [0.3, 0.4) is 0 Å². The van der Waals surface area contributed by atoms with Gasteiger partial charge >= 0.3 is 6.18 Å². The zero-order valence-corrected chi connectivity index (χ0v) is 17.3. The number of carbonyl (C=O) groups excluding carboxylic acids is 1. The Morgan fingerprint density at radius 2 is 1.79 bits per heavy atom. The quantitative estimate of drug-likeness (QED) is 0.612. The molecule has 0 spiro atoms. The first-order valence-electron chi connectivity index (χ1n) is 8.26. The Bertz CT molecular complexity index is 1030. The van der Waals surface area contributed by atoms with Crippen LogP contribution < -0.4 is 10.0 Å². The first-order chi connectivity index (χ1) is 13.6. The smallest absolute Gasteiger partial charge is 0.345 e. The molecule has 2 aromatic carbocycles. The van der Waals surface area contributed by atoms with E-state index in [1.807, 2.05) is 0 Å². The lowest BCUT2D eigenvalue weighted by Gasteiger charge is -2.07. The highest BCUT2D eigenvalue weighted by atomic mass is 79.9. The number of alkyl halides is 3. The van der Waals surface area contributed by atoms with E-state index in [0.29, 0.717) is 0 Å². The number of sulfonamides is 1. The maximum Gasteiger partial charge on any atom is 0.416 e. The van der Waals surface area contributed by atoms with Crippen LogP contribution in [0.15, 0.2) is 57.9 Å². The van der Waals surface area contributed by atoms with Crippen molar-refractivity contribution in [1.29, 1.82) is 0 Å². The summed E-state index contributed by atoms with van der Waals surface area (Å²) in [5, 5.41) is 2.46. The Balaban J connectivity index is 1.78. The molecule has 1 amide bonds. The molecule has 0 aliphatic carbocycles. The van der Waals surface area contributed by atoms with Gasteiger partial charge in [0.25, 0.3) is 0 Å². The molecule has 0 atom stereocenters. The molecule has 0 aromatic heterocycles. The summed E-state index contributed by atoms with van der Waals surface area (Å²) in [6, 6.07) is 10.6. The lowest BCUT2D eigenvalue weighted by molar-refractivity contribution is -0.137. The normalized spacial score (nSPS) is 11.4. The Kier molecular flexibility index (Phi) is 7.84. The summed E-state index contributed by atoms with van der Waals surface area (Å²) in [7, 11) is -3.72. The van der Waals surface area contributed by atoms with Crippen molar-refractivity contribution in [3.63, 3.8) is 0 Å². The average Bonchev–Trinajstić information content (AvgIpc) is 2.65. The van der Waals surface area contributed by atoms with E-state index in [0.717, 1.165) is 16.6 Å². The number of benzene rings is 2. The summed E-state index contributed by atoms with van der Waals surface area (Å²) in [6.07, 6.45) is -4.56. The van der Waals surface area contributed by atoms with Crippen molar-refractivity contribution in [3.05, 3.63) is 64.1 Å². The van der Waals surface area contributed by atoms with Gasteiger partial charge in [-0.3, -0.25) is 4.79 Å². The first-order valence-corrected chi connectivity index (χ1v) is 10.5. The maximum atomic E-state index is 12.6. The van der Waals surface area contributed by atoms with Crippen LogP contribution in [0.1, 0.15) is 17.5 Å². The fourth-order valence-electron chi connectivity index (χ4n) is 2.15. The number of carbonyl (C=O) groups is 1. The topological polar surface area (TPSA) is 75.3 Å². The Labute approximate surface area is 174 Å². The Hall–Kier alpha value is -2.35. The lowest BCUT2D eigenvalue weighted by atomic mass is 10.1. The fraction of sp³-hybridized carbons (Fsp3) is 0.211. The van der Waals surface area contributed by atoms with Crippen molar-refractivity contribution in [2.45, 2.75) is 17.5 Å². The van der Waals surface area contributed by atoms with Gasteiger partial charge in [0.1, 0.15) is 0 Å². The second-order valence-electron chi connectivity index (χ2n) is 5.76. The van der Waals surface area contributed by atoms with Crippen LogP contribution in [0.2, 0.25) is 0 Å². The highest BCUT2D eigenvalue weighted by Crippen LogP contribution is 2.29. The van der Waals surface area contributed by atoms with Crippen LogP contribution in [-0.4, -0.2) is 27.4 Å². The number of rotatable bonds is 6. The van der Waals surface area contributed by atoms with E-state index in [1.54, 1.807) is 12.1 Å². The van der Waals surface area contributed by atoms with E-state index in [1.165, 1.54) is 24.3 Å². The van der Waals surface area contributed by atoms with E-state index < -0.39 is 27.7 Å². The molecule has 154 valence electrons. The van der Waals surface area contributed by atoms with Gasteiger partial charge in [0, 0.05) is 23.0 Å². The summed E-state index contributed by atoms with van der Waals surface area (Å²) < 4.78 is 65.1. The molecular formula is C19H16BrF3N2O3S. The average molecular weight is 489 g/mol. The standard InChI is InChI=1S/C19H16BrF3N2O3S/c20-16-6-8-17(9-7-16)29(27,28)25-12-10-18(26)24-11-2-4-14-3-1-5-15(13-14)19(21,22)23/h1,3,5-9,13,25H,10-12H2,(H,24,26). The number of nitrogens with one attached hydrogen (secondary N) is 2. The molecule has 0 unspecified atom stereocenters. The summed E-state index contributed by atoms with van der Waals surface area (Å²) in [5.74, 6) is 4.65. The highest BCUT2D eigenvalue weighted by molar-refractivity contribution is 9.10. The molecule has 10 heteroatoms. The minimum absolute atomic E-state index is 0.0749. The van der Waals surface area contributed by atoms with Crippen LogP contribution in [0.25, 0.3) is 0 Å². The SMILES string of the molecule is O=C(CCNS(=O)(=O)c1ccc(Br)cc1)NCC#Cc1cccc(C(F)(F)F)c1. The van der Waals surface area contributed by atoms with E-state index in [-0.39, 0.29) is 30.0 Å². The molecule has 0 bridgehead atoms. The molecule has 5 nitrogen and oxygen atoms in total. The van der Waals surface area contributed by atoms with E-state index in [2.05, 4.69) is 37.8 Å². The van der Waals surface area contributed by atoms with Crippen molar-refractivity contribution in [2.75, 3.05) is 13.1 Å². The molecule has 0 saturated heterocycles. The number of halogens is 4. The van der Waals surface area contributed by atoms with Gasteiger partial charge < -0.3 is 5.32 Å². The zero-order chi connectivity index (χ0) is 21.5. The van der Waals surface area contributed by atoms with Gasteiger partial charge in [0.15, 0.2) is 0 Å². The van der Waals surface area contributed by atoms with Crippen LogP contribution in [0, 0.1) is 11.8 Å². The lowest BCUT2D eigenvalue weighted by Crippen LogP contribution is -2.31. The molecule has 29 heavy (non-hydrogen) atoms. The van der Waals surface area contributed by atoms with Gasteiger partial charge in [-0.05, 0) is 42.5 Å². The predicted octanol–water partition coefficient (Wildman–Crippen LogP) is 3.30. The fourth-order valence-corrected chi connectivity index (χ4v) is 3.44. The molecule has 0 heterocycles. The first kappa shape index (κ1) is 22.9. The molecule has 0 aliphatic heterocycles. The van der Waals surface area contributed by atoms with Gasteiger partial charge in [0.05, 0.1) is 17.0 Å². The second-order valence-corrected chi connectivity index (χ2v) is 8.44. The molecule has 0 fully saturated rings. The Morgan fingerprint density at radius 3 is 2.45 bits per heavy atom. The minimum atomic E-state index is -4.45. The maximum absolute atomic E-state index is 12.6. The molecular weight excluding hydrogens is 473 g/mol. The van der Waals surface area contributed by atoms with Crippen LogP contribution in [0.4, 0.5) is 13.2 Å². The summed E-state index contributed by atoms with van der Waals surface area (Å²) in [6.45, 7) is -0.181. The van der Waals surface area contributed by atoms with Crippen LogP contribution in [-0.2, 0) is 21.0 Å². The van der Waals surface area contributed by atoms with Gasteiger partial charge in [-0.15, -0.1) is 0 Å². The van der Waals surface area contributed by atoms with Gasteiger partial charge in [-0.25, -0.2) is 13.1 Å². The van der Waals surface area contributed by atoms with Gasteiger partial charge in [-0.2, -0.15) is 13.2 Å². The third kappa shape index (κ3) is 7.53. The number of amides is 1. The van der Waals surface area contributed by atoms with Gasteiger partial charge in [0.2, 0.25) is 15.9 Å². The molecule has 2 N–H and O–H groups in total. The minimum Gasteiger partial charge on any atom is -0.345 e. The van der Waals surface area contributed by atoms with E-state index in [9.17, 15) is 26.4 Å². The third-order valence-corrected chi connectivity index (χ3v) is 5.57. The van der Waals surface area contributed by atoms with E-state index >= 15 is 0 Å². The molecule has 0 saturated carbocycles. The molecule has 0 aliphatic rings. The van der Waals surface area contributed by atoms with E-state index in [4.69, 9.17) is 0 Å². The molecule has 2 rings (SSSR count). The van der Waals surface area contributed by atoms with Gasteiger partial charge in [-0.1, -0.05) is 33.8 Å². The van der Waals surface area contributed by atoms with Crippen molar-refractivity contribution < 1.29 is 26.4 Å².